The van der Waals surface area contributed by atoms with Crippen molar-refractivity contribution in [3.05, 3.63) is 65.1 Å². The maximum atomic E-state index is 14.1. The predicted octanol–water partition coefficient (Wildman–Crippen LogP) is 3.80. The molecule has 0 bridgehead atoms. The highest BCUT2D eigenvalue weighted by molar-refractivity contribution is 5.97. The standard InChI is InChI=1S/C25H26FN3O3/c1-3-4-11-28-14-22(30)29-21(25(28)31)13-19-18-12-16(26)7-10-20(18)27-23(19)24(29)15-5-8-17(32-2)9-6-15/h5-10,12,21,24,27H,3-4,11,13-14H2,1-2H3/t21-,24-/m0/s1. The van der Waals surface area contributed by atoms with E-state index >= 15 is 0 Å². The number of nitrogens with one attached hydrogen (secondary N) is 1. The first kappa shape index (κ1) is 20.5. The van der Waals surface area contributed by atoms with Crippen molar-refractivity contribution in [2.45, 2.75) is 38.3 Å². The molecular formula is C25H26FN3O3. The number of aromatic amines is 1. The van der Waals surface area contributed by atoms with E-state index in [1.807, 2.05) is 24.3 Å². The van der Waals surface area contributed by atoms with Crippen molar-refractivity contribution in [2.75, 3.05) is 20.2 Å². The zero-order chi connectivity index (χ0) is 22.4. The highest BCUT2D eigenvalue weighted by Crippen LogP contribution is 2.43. The molecule has 0 saturated carbocycles. The molecule has 1 fully saturated rings. The third kappa shape index (κ3) is 3.23. The van der Waals surface area contributed by atoms with Crippen LogP contribution in [0, 0.1) is 5.82 Å². The molecule has 3 heterocycles. The Morgan fingerprint density at radius 3 is 2.66 bits per heavy atom. The average molecular weight is 435 g/mol. The van der Waals surface area contributed by atoms with E-state index in [0.29, 0.717) is 18.7 Å². The molecule has 1 aromatic heterocycles. The Morgan fingerprint density at radius 1 is 1.16 bits per heavy atom. The zero-order valence-corrected chi connectivity index (χ0v) is 18.2. The minimum atomic E-state index is -0.602. The molecule has 2 aliphatic rings. The van der Waals surface area contributed by atoms with Crippen LogP contribution in [0.3, 0.4) is 0 Å². The summed E-state index contributed by atoms with van der Waals surface area (Å²) in [7, 11) is 1.60. The van der Waals surface area contributed by atoms with E-state index in [9.17, 15) is 14.0 Å². The van der Waals surface area contributed by atoms with E-state index < -0.39 is 12.1 Å². The first-order chi connectivity index (χ1) is 15.5. The number of amides is 2. The molecule has 0 unspecified atom stereocenters. The molecule has 6 nitrogen and oxygen atoms in total. The highest BCUT2D eigenvalue weighted by atomic mass is 19.1. The van der Waals surface area contributed by atoms with Crippen molar-refractivity contribution >= 4 is 22.7 Å². The summed E-state index contributed by atoms with van der Waals surface area (Å²) in [6.45, 7) is 2.73. The Morgan fingerprint density at radius 2 is 1.94 bits per heavy atom. The van der Waals surface area contributed by atoms with Crippen LogP contribution in [0.2, 0.25) is 0 Å². The number of ether oxygens (including phenoxy) is 1. The van der Waals surface area contributed by atoms with E-state index in [1.165, 1.54) is 12.1 Å². The van der Waals surface area contributed by atoms with Gasteiger partial charge in [-0.15, -0.1) is 0 Å². The molecule has 2 aromatic carbocycles. The molecule has 2 amide bonds. The quantitative estimate of drug-likeness (QED) is 0.663. The smallest absolute Gasteiger partial charge is 0.246 e. The topological polar surface area (TPSA) is 65.6 Å². The van der Waals surface area contributed by atoms with Gasteiger partial charge in [0, 0.05) is 29.6 Å². The molecule has 7 heteroatoms. The van der Waals surface area contributed by atoms with Gasteiger partial charge < -0.3 is 19.5 Å². The summed E-state index contributed by atoms with van der Waals surface area (Å²) >= 11 is 0. The number of hydrogen-bond donors (Lipinski definition) is 1. The van der Waals surface area contributed by atoms with Gasteiger partial charge in [-0.3, -0.25) is 9.59 Å². The van der Waals surface area contributed by atoms with Gasteiger partial charge in [-0.25, -0.2) is 4.39 Å². The van der Waals surface area contributed by atoms with Crippen molar-refractivity contribution in [1.82, 2.24) is 14.8 Å². The Kier molecular flexibility index (Phi) is 5.12. The lowest BCUT2D eigenvalue weighted by Crippen LogP contribution is -2.63. The molecule has 1 saturated heterocycles. The molecule has 1 N–H and O–H groups in total. The number of halogens is 1. The predicted molar refractivity (Wildman–Crippen MR) is 119 cm³/mol. The van der Waals surface area contributed by atoms with Crippen molar-refractivity contribution in [2.24, 2.45) is 0 Å². The normalized spacial score (nSPS) is 20.5. The van der Waals surface area contributed by atoms with Crippen LogP contribution in [0.5, 0.6) is 5.75 Å². The van der Waals surface area contributed by atoms with E-state index in [-0.39, 0.29) is 24.2 Å². The van der Waals surface area contributed by atoms with Crippen molar-refractivity contribution in [3.63, 3.8) is 0 Å². The summed E-state index contributed by atoms with van der Waals surface area (Å²) in [5.41, 5.74) is 3.43. The van der Waals surface area contributed by atoms with Crippen LogP contribution in [0.1, 0.15) is 42.6 Å². The van der Waals surface area contributed by atoms with Gasteiger partial charge in [-0.1, -0.05) is 25.5 Å². The van der Waals surface area contributed by atoms with Crippen LogP contribution >= 0.6 is 0 Å². The van der Waals surface area contributed by atoms with Crippen LogP contribution in [0.25, 0.3) is 10.9 Å². The Bertz CT molecular complexity index is 1190. The average Bonchev–Trinajstić information content (AvgIpc) is 3.16. The zero-order valence-electron chi connectivity index (χ0n) is 18.2. The van der Waals surface area contributed by atoms with Gasteiger partial charge in [0.1, 0.15) is 17.6 Å². The van der Waals surface area contributed by atoms with Gasteiger partial charge in [0.15, 0.2) is 0 Å². The second kappa shape index (κ2) is 7.97. The number of nitrogens with zero attached hydrogens (tertiary/aromatic N) is 2. The van der Waals surface area contributed by atoms with Crippen LogP contribution in [0.4, 0.5) is 4.39 Å². The number of benzene rings is 2. The molecule has 0 aliphatic carbocycles. The first-order valence-corrected chi connectivity index (χ1v) is 11.1. The molecule has 0 spiro atoms. The number of aromatic nitrogens is 1. The Hall–Kier alpha value is -3.35. The fraction of sp³-hybridized carbons (Fsp3) is 0.360. The number of H-pyrrole nitrogens is 1. The third-order valence-electron chi connectivity index (χ3n) is 6.61. The summed E-state index contributed by atoms with van der Waals surface area (Å²) in [6, 6.07) is 11.1. The number of carbonyl (C=O) groups excluding carboxylic acids is 2. The van der Waals surface area contributed by atoms with Gasteiger partial charge in [-0.2, -0.15) is 0 Å². The number of piperazine rings is 1. The molecule has 32 heavy (non-hydrogen) atoms. The van der Waals surface area contributed by atoms with Crippen molar-refractivity contribution in [1.29, 1.82) is 0 Å². The van der Waals surface area contributed by atoms with Gasteiger partial charge in [0.2, 0.25) is 11.8 Å². The molecule has 2 aliphatic heterocycles. The summed E-state index contributed by atoms with van der Waals surface area (Å²) in [5.74, 6) is 0.292. The third-order valence-corrected chi connectivity index (χ3v) is 6.61. The summed E-state index contributed by atoms with van der Waals surface area (Å²) in [6.07, 6.45) is 2.18. The van der Waals surface area contributed by atoms with Crippen LogP contribution in [-0.2, 0) is 16.0 Å². The maximum Gasteiger partial charge on any atom is 0.246 e. The van der Waals surface area contributed by atoms with Crippen molar-refractivity contribution in [3.8, 4) is 5.75 Å². The lowest BCUT2D eigenvalue weighted by atomic mass is 9.86. The lowest BCUT2D eigenvalue weighted by Gasteiger charge is -2.47. The number of unbranched alkanes of at least 4 members (excludes halogenated alkanes) is 1. The summed E-state index contributed by atoms with van der Waals surface area (Å²) < 4.78 is 19.4. The number of rotatable bonds is 5. The van der Waals surface area contributed by atoms with E-state index in [4.69, 9.17) is 4.74 Å². The lowest BCUT2D eigenvalue weighted by molar-refractivity contribution is -0.158. The second-order valence-corrected chi connectivity index (χ2v) is 8.52. The number of carbonyl (C=O) groups is 2. The van der Waals surface area contributed by atoms with Crippen LogP contribution in [-0.4, -0.2) is 52.8 Å². The minimum absolute atomic E-state index is 0.0343. The molecule has 166 valence electrons. The van der Waals surface area contributed by atoms with Gasteiger partial charge in [0.25, 0.3) is 0 Å². The van der Waals surface area contributed by atoms with Crippen LogP contribution in [0.15, 0.2) is 42.5 Å². The maximum absolute atomic E-state index is 14.1. The fourth-order valence-electron chi connectivity index (χ4n) is 5.01. The second-order valence-electron chi connectivity index (χ2n) is 8.52. The Balaban J connectivity index is 1.66. The molecular weight excluding hydrogens is 409 g/mol. The summed E-state index contributed by atoms with van der Waals surface area (Å²) in [5, 5.41) is 0.768. The molecule has 3 aromatic rings. The molecule has 2 atom stereocenters. The van der Waals surface area contributed by atoms with E-state index in [0.717, 1.165) is 40.6 Å². The van der Waals surface area contributed by atoms with Crippen molar-refractivity contribution < 1.29 is 18.7 Å². The monoisotopic (exact) mass is 435 g/mol. The SMILES string of the molecule is CCCCN1CC(=O)N2[C@@H](c3ccc(OC)cc3)c3[nH]c4ccc(F)cc4c3C[C@H]2C1=O. The highest BCUT2D eigenvalue weighted by Gasteiger charge is 2.48. The van der Waals surface area contributed by atoms with Gasteiger partial charge in [-0.05, 0) is 47.9 Å². The first-order valence-electron chi connectivity index (χ1n) is 11.1. The van der Waals surface area contributed by atoms with E-state index in [1.54, 1.807) is 23.0 Å². The fourth-order valence-corrected chi connectivity index (χ4v) is 5.01. The molecule has 0 radical (unpaired) electrons. The number of hydrogen-bond acceptors (Lipinski definition) is 3. The number of methoxy groups -OCH3 is 1. The number of fused-ring (bicyclic) bond motifs is 4. The Labute approximate surface area is 186 Å². The minimum Gasteiger partial charge on any atom is -0.497 e. The largest absolute Gasteiger partial charge is 0.497 e. The van der Waals surface area contributed by atoms with Gasteiger partial charge in [0.05, 0.1) is 19.7 Å². The van der Waals surface area contributed by atoms with E-state index in [2.05, 4.69) is 11.9 Å². The molecule has 5 rings (SSSR count). The van der Waals surface area contributed by atoms with Crippen LogP contribution < -0.4 is 4.74 Å². The van der Waals surface area contributed by atoms with Gasteiger partial charge >= 0.3 is 0 Å². The summed E-state index contributed by atoms with van der Waals surface area (Å²) in [4.78, 5) is 33.6.